The summed E-state index contributed by atoms with van der Waals surface area (Å²) in [5.41, 5.74) is 0.651. The van der Waals surface area contributed by atoms with Crippen LogP contribution in [0.4, 0.5) is 0 Å². The molecule has 2 rings (SSSR count). The van der Waals surface area contributed by atoms with E-state index in [-0.39, 0.29) is 4.90 Å². The molecule has 1 aliphatic rings. The Morgan fingerprint density at radius 1 is 1.36 bits per heavy atom. The van der Waals surface area contributed by atoms with Crippen LogP contribution in [0.3, 0.4) is 0 Å². The summed E-state index contributed by atoms with van der Waals surface area (Å²) < 4.78 is 32.4. The molecule has 1 fully saturated rings. The molecule has 0 bridgehead atoms. The minimum Gasteiger partial charge on any atom is -0.495 e. The van der Waals surface area contributed by atoms with Gasteiger partial charge >= 0.3 is 0 Å². The van der Waals surface area contributed by atoms with Crippen molar-refractivity contribution in [1.29, 1.82) is 0 Å². The summed E-state index contributed by atoms with van der Waals surface area (Å²) >= 11 is 6.09. The lowest BCUT2D eigenvalue weighted by Gasteiger charge is -2.31. The molecule has 5 nitrogen and oxygen atoms in total. The van der Waals surface area contributed by atoms with E-state index < -0.39 is 10.0 Å². The number of sulfonamides is 1. The molecular formula is C15H23ClN2O3S. The van der Waals surface area contributed by atoms with Crippen molar-refractivity contribution >= 4 is 21.6 Å². The van der Waals surface area contributed by atoms with Crippen LogP contribution in [0.25, 0.3) is 0 Å². The van der Waals surface area contributed by atoms with Crippen molar-refractivity contribution in [1.82, 2.24) is 9.62 Å². The molecule has 1 aromatic carbocycles. The molecule has 0 saturated carbocycles. The van der Waals surface area contributed by atoms with Crippen LogP contribution in [0, 0.1) is 12.8 Å². The lowest BCUT2D eigenvalue weighted by molar-refractivity contribution is 0.270. The summed E-state index contributed by atoms with van der Waals surface area (Å²) in [6.45, 7) is 3.80. The van der Waals surface area contributed by atoms with E-state index in [4.69, 9.17) is 16.3 Å². The van der Waals surface area contributed by atoms with Crippen LogP contribution in [0.2, 0.25) is 5.02 Å². The lowest BCUT2D eigenvalue weighted by atomic mass is 9.98. The first-order valence-corrected chi connectivity index (χ1v) is 9.20. The molecular weight excluding hydrogens is 324 g/mol. The van der Waals surface area contributed by atoms with Crippen LogP contribution < -0.4 is 10.1 Å². The second kappa shape index (κ2) is 7.17. The maximum atomic E-state index is 12.8. The van der Waals surface area contributed by atoms with E-state index in [0.29, 0.717) is 35.3 Å². The van der Waals surface area contributed by atoms with Gasteiger partial charge in [0.05, 0.1) is 17.0 Å². The Hall–Kier alpha value is -0.820. The van der Waals surface area contributed by atoms with Gasteiger partial charge in [-0.2, -0.15) is 4.31 Å². The second-order valence-corrected chi connectivity index (χ2v) is 7.97. The average Bonchev–Trinajstić information content (AvgIpc) is 2.50. The average molecular weight is 347 g/mol. The van der Waals surface area contributed by atoms with Gasteiger partial charge in [-0.15, -0.1) is 0 Å². The lowest BCUT2D eigenvalue weighted by Crippen LogP contribution is -2.40. The maximum absolute atomic E-state index is 12.8. The minimum absolute atomic E-state index is 0.269. The van der Waals surface area contributed by atoms with Gasteiger partial charge in [0.25, 0.3) is 0 Å². The molecule has 1 aromatic rings. The summed E-state index contributed by atoms with van der Waals surface area (Å²) in [7, 11) is -0.0679. The predicted molar refractivity (Wildman–Crippen MR) is 88.2 cm³/mol. The molecule has 124 valence electrons. The molecule has 0 radical (unpaired) electrons. The van der Waals surface area contributed by atoms with E-state index in [1.807, 2.05) is 7.05 Å². The van der Waals surface area contributed by atoms with Gasteiger partial charge in [0, 0.05) is 13.1 Å². The third-order valence-corrected chi connectivity index (χ3v) is 6.47. The fraction of sp³-hybridized carbons (Fsp3) is 0.600. The SMILES string of the molecule is CNCC1CCN(S(=O)(=O)c2cc(Cl)c(OC)cc2C)CC1. The van der Waals surface area contributed by atoms with Crippen molar-refractivity contribution in [2.24, 2.45) is 5.92 Å². The molecule has 0 aromatic heterocycles. The van der Waals surface area contributed by atoms with Crippen molar-refractivity contribution in [3.05, 3.63) is 22.7 Å². The zero-order valence-corrected chi connectivity index (χ0v) is 14.8. The fourth-order valence-electron chi connectivity index (χ4n) is 2.85. The number of piperidine rings is 1. The molecule has 0 unspecified atom stereocenters. The summed E-state index contributed by atoms with van der Waals surface area (Å²) in [5, 5.41) is 3.47. The number of aryl methyl sites for hydroxylation is 1. The van der Waals surface area contributed by atoms with E-state index in [2.05, 4.69) is 5.32 Å². The Labute approximate surface area is 137 Å². The Bertz CT molecular complexity index is 626. The highest BCUT2D eigenvalue weighted by atomic mass is 35.5. The van der Waals surface area contributed by atoms with Gasteiger partial charge in [-0.05, 0) is 57.0 Å². The van der Waals surface area contributed by atoms with E-state index in [1.54, 1.807) is 17.3 Å². The quantitative estimate of drug-likeness (QED) is 0.888. The van der Waals surface area contributed by atoms with E-state index in [1.165, 1.54) is 13.2 Å². The number of hydrogen-bond acceptors (Lipinski definition) is 4. The zero-order valence-electron chi connectivity index (χ0n) is 13.2. The maximum Gasteiger partial charge on any atom is 0.243 e. The first kappa shape index (κ1) is 17.5. The fourth-order valence-corrected chi connectivity index (χ4v) is 4.86. The molecule has 0 spiro atoms. The molecule has 0 aliphatic carbocycles. The molecule has 1 aliphatic heterocycles. The molecule has 1 N–H and O–H groups in total. The summed E-state index contributed by atoms with van der Waals surface area (Å²) in [4.78, 5) is 0.269. The van der Waals surface area contributed by atoms with Crippen molar-refractivity contribution in [2.75, 3.05) is 33.8 Å². The van der Waals surface area contributed by atoms with Gasteiger partial charge < -0.3 is 10.1 Å². The number of benzene rings is 1. The van der Waals surface area contributed by atoms with Crippen LogP contribution >= 0.6 is 11.6 Å². The van der Waals surface area contributed by atoms with Crippen molar-refractivity contribution in [2.45, 2.75) is 24.7 Å². The Kier molecular flexibility index (Phi) is 5.71. The summed E-state index contributed by atoms with van der Waals surface area (Å²) in [5.74, 6) is 1.03. The van der Waals surface area contributed by atoms with Gasteiger partial charge in [-0.25, -0.2) is 8.42 Å². The van der Waals surface area contributed by atoms with Gasteiger partial charge in [0.1, 0.15) is 5.75 Å². The Morgan fingerprint density at radius 3 is 2.55 bits per heavy atom. The minimum atomic E-state index is -3.51. The van der Waals surface area contributed by atoms with E-state index >= 15 is 0 Å². The smallest absolute Gasteiger partial charge is 0.243 e. The van der Waals surface area contributed by atoms with E-state index in [9.17, 15) is 8.42 Å². The number of methoxy groups -OCH3 is 1. The first-order valence-electron chi connectivity index (χ1n) is 7.39. The molecule has 1 heterocycles. The zero-order chi connectivity index (χ0) is 16.3. The Balaban J connectivity index is 2.23. The summed E-state index contributed by atoms with van der Waals surface area (Å²) in [6, 6.07) is 3.16. The predicted octanol–water partition coefficient (Wildman–Crippen LogP) is 2.28. The van der Waals surface area contributed by atoms with Gasteiger partial charge in [-0.3, -0.25) is 0 Å². The summed E-state index contributed by atoms with van der Waals surface area (Å²) in [6.07, 6.45) is 1.76. The van der Waals surface area contributed by atoms with Crippen LogP contribution in [0.15, 0.2) is 17.0 Å². The topological polar surface area (TPSA) is 58.6 Å². The molecule has 0 atom stereocenters. The van der Waals surface area contributed by atoms with Crippen LogP contribution in [0.5, 0.6) is 5.75 Å². The highest BCUT2D eigenvalue weighted by Gasteiger charge is 2.30. The number of halogens is 1. The molecule has 0 amide bonds. The molecule has 7 heteroatoms. The van der Waals surface area contributed by atoms with Crippen molar-refractivity contribution in [3.63, 3.8) is 0 Å². The number of nitrogens with one attached hydrogen (secondary N) is 1. The first-order chi connectivity index (χ1) is 10.4. The van der Waals surface area contributed by atoms with Crippen LogP contribution in [0.1, 0.15) is 18.4 Å². The van der Waals surface area contributed by atoms with Crippen molar-refractivity contribution < 1.29 is 13.2 Å². The molecule has 1 saturated heterocycles. The number of ether oxygens (including phenoxy) is 1. The van der Waals surface area contributed by atoms with Crippen molar-refractivity contribution in [3.8, 4) is 5.75 Å². The second-order valence-electron chi connectivity index (χ2n) is 5.66. The standard InChI is InChI=1S/C15H23ClN2O3S/c1-11-8-14(21-3)13(16)9-15(11)22(19,20)18-6-4-12(5-7-18)10-17-2/h8-9,12,17H,4-7,10H2,1-3H3. The number of rotatable bonds is 5. The largest absolute Gasteiger partial charge is 0.495 e. The number of nitrogens with zero attached hydrogens (tertiary/aromatic N) is 1. The normalized spacial score (nSPS) is 17.6. The third kappa shape index (κ3) is 3.56. The van der Waals surface area contributed by atoms with Gasteiger partial charge in [0.15, 0.2) is 0 Å². The third-order valence-electron chi connectivity index (χ3n) is 4.13. The highest BCUT2D eigenvalue weighted by molar-refractivity contribution is 7.89. The van der Waals surface area contributed by atoms with Gasteiger partial charge in [-0.1, -0.05) is 11.6 Å². The Morgan fingerprint density at radius 2 is 2.00 bits per heavy atom. The highest BCUT2D eigenvalue weighted by Crippen LogP contribution is 2.32. The van der Waals surface area contributed by atoms with Gasteiger partial charge in [0.2, 0.25) is 10.0 Å². The number of hydrogen-bond donors (Lipinski definition) is 1. The monoisotopic (exact) mass is 346 g/mol. The van der Waals surface area contributed by atoms with Crippen LogP contribution in [-0.4, -0.2) is 46.5 Å². The van der Waals surface area contributed by atoms with E-state index in [0.717, 1.165) is 19.4 Å². The molecule has 22 heavy (non-hydrogen) atoms. The van der Waals surface area contributed by atoms with Crippen LogP contribution in [-0.2, 0) is 10.0 Å².